The molecule has 0 aromatic heterocycles. The number of carbonyl (C=O) groups excluding carboxylic acids is 2. The molecule has 0 saturated carbocycles. The summed E-state index contributed by atoms with van der Waals surface area (Å²) in [4.78, 5) is 21.9. The highest BCUT2D eigenvalue weighted by Crippen LogP contribution is 2.15. The molecule has 0 aliphatic carbocycles. The van der Waals surface area contributed by atoms with Crippen LogP contribution in [0.25, 0.3) is 0 Å². The number of methoxy groups -OCH3 is 3. The minimum Gasteiger partial charge on any atom is -0.463 e. The van der Waals surface area contributed by atoms with Gasteiger partial charge in [-0.15, -0.1) is 0 Å². The van der Waals surface area contributed by atoms with E-state index in [1.165, 1.54) is 35.2 Å². The monoisotopic (exact) mass is 308 g/mol. The molecule has 0 bridgehead atoms. The number of aliphatic hydroxyl groups is 1. The second kappa shape index (κ2) is 10.5. The quantitative estimate of drug-likeness (QED) is 0.540. The fourth-order valence-electron chi connectivity index (χ4n) is 1.80. The molecule has 0 rings (SSSR count). The van der Waals surface area contributed by atoms with Crippen LogP contribution in [0.4, 0.5) is 0 Å². The summed E-state index contributed by atoms with van der Waals surface area (Å²) in [5, 5.41) is 10.3. The Bertz CT molecular complexity index is 319. The van der Waals surface area contributed by atoms with E-state index in [1.807, 2.05) is 0 Å². The molecule has 0 saturated heterocycles. The molecule has 0 aromatic carbocycles. The van der Waals surface area contributed by atoms with Gasteiger partial charge in [-0.05, 0) is 0 Å². The summed E-state index contributed by atoms with van der Waals surface area (Å²) in [6.07, 6.45) is -3.72. The summed E-state index contributed by atoms with van der Waals surface area (Å²) < 4.78 is 25.1. The van der Waals surface area contributed by atoms with Crippen LogP contribution in [0.5, 0.6) is 0 Å². The molecular formula is C13H24O8. The normalized spacial score (nSPS) is 16.7. The molecule has 1 N–H and O–H groups in total. The molecule has 21 heavy (non-hydrogen) atoms. The van der Waals surface area contributed by atoms with Crippen LogP contribution in [0, 0.1) is 0 Å². The molecular weight excluding hydrogens is 284 g/mol. The van der Waals surface area contributed by atoms with Gasteiger partial charge < -0.3 is 28.8 Å². The Morgan fingerprint density at radius 1 is 0.952 bits per heavy atom. The summed E-state index contributed by atoms with van der Waals surface area (Å²) in [7, 11) is 4.17. The van der Waals surface area contributed by atoms with E-state index in [0.29, 0.717) is 0 Å². The van der Waals surface area contributed by atoms with Crippen LogP contribution in [0.2, 0.25) is 0 Å². The standard InChI is InChI=1S/C13H24O8/c1-8(14)20-7-11(18-4)13(19-5)12(16)10(6-17-3)21-9(2)15/h10-13,16H,6-7H2,1-5H3. The second-order valence-corrected chi connectivity index (χ2v) is 4.37. The van der Waals surface area contributed by atoms with Crippen LogP contribution >= 0.6 is 0 Å². The third kappa shape index (κ3) is 7.37. The largest absolute Gasteiger partial charge is 0.463 e. The van der Waals surface area contributed by atoms with E-state index in [9.17, 15) is 14.7 Å². The first-order valence-corrected chi connectivity index (χ1v) is 6.40. The maximum atomic E-state index is 11.1. The van der Waals surface area contributed by atoms with Crippen molar-refractivity contribution in [3.8, 4) is 0 Å². The molecule has 0 heterocycles. The highest BCUT2D eigenvalue weighted by molar-refractivity contribution is 5.66. The second-order valence-electron chi connectivity index (χ2n) is 4.37. The SMILES string of the molecule is COCC(OC(C)=O)C(O)C(OC)C(COC(C)=O)OC. The summed E-state index contributed by atoms with van der Waals surface area (Å²) in [5.74, 6) is -1.03. The van der Waals surface area contributed by atoms with Crippen molar-refractivity contribution in [3.63, 3.8) is 0 Å². The zero-order valence-electron chi connectivity index (χ0n) is 13.0. The molecule has 4 unspecified atom stereocenters. The smallest absolute Gasteiger partial charge is 0.303 e. The number of aliphatic hydroxyl groups excluding tert-OH is 1. The van der Waals surface area contributed by atoms with E-state index < -0.39 is 36.4 Å². The lowest BCUT2D eigenvalue weighted by Crippen LogP contribution is -2.50. The van der Waals surface area contributed by atoms with E-state index in [1.54, 1.807) is 0 Å². The molecule has 0 spiro atoms. The summed E-state index contributed by atoms with van der Waals surface area (Å²) in [6.45, 7) is 2.38. The van der Waals surface area contributed by atoms with E-state index >= 15 is 0 Å². The van der Waals surface area contributed by atoms with Crippen molar-refractivity contribution in [2.24, 2.45) is 0 Å². The number of rotatable bonds is 10. The molecule has 0 radical (unpaired) electrons. The maximum Gasteiger partial charge on any atom is 0.303 e. The molecule has 0 aromatic rings. The van der Waals surface area contributed by atoms with Crippen LogP contribution in [0.3, 0.4) is 0 Å². The Balaban J connectivity index is 4.90. The van der Waals surface area contributed by atoms with Gasteiger partial charge in [0, 0.05) is 35.2 Å². The van der Waals surface area contributed by atoms with Crippen molar-refractivity contribution in [2.75, 3.05) is 34.5 Å². The first-order chi connectivity index (χ1) is 9.87. The van der Waals surface area contributed by atoms with Gasteiger partial charge in [-0.1, -0.05) is 0 Å². The van der Waals surface area contributed by atoms with Gasteiger partial charge in [-0.2, -0.15) is 0 Å². The molecule has 4 atom stereocenters. The predicted molar refractivity (Wildman–Crippen MR) is 71.7 cm³/mol. The number of hydrogen-bond acceptors (Lipinski definition) is 8. The van der Waals surface area contributed by atoms with Gasteiger partial charge in [0.1, 0.15) is 24.9 Å². The minimum absolute atomic E-state index is 0.00932. The van der Waals surface area contributed by atoms with Crippen LogP contribution in [-0.4, -0.2) is 76.0 Å². The lowest BCUT2D eigenvalue weighted by molar-refractivity contribution is -0.179. The Labute approximate surface area is 124 Å². The lowest BCUT2D eigenvalue weighted by Gasteiger charge is -2.32. The third-order valence-corrected chi connectivity index (χ3v) is 2.76. The number of hydrogen-bond donors (Lipinski definition) is 1. The van der Waals surface area contributed by atoms with Crippen LogP contribution < -0.4 is 0 Å². The summed E-state index contributed by atoms with van der Waals surface area (Å²) in [5.41, 5.74) is 0. The highest BCUT2D eigenvalue weighted by Gasteiger charge is 2.36. The van der Waals surface area contributed by atoms with Gasteiger partial charge >= 0.3 is 11.9 Å². The Hall–Kier alpha value is -1.22. The van der Waals surface area contributed by atoms with Crippen LogP contribution in [0.1, 0.15) is 13.8 Å². The molecule has 0 aliphatic rings. The zero-order valence-corrected chi connectivity index (χ0v) is 13.0. The zero-order chi connectivity index (χ0) is 16.4. The Kier molecular flexibility index (Phi) is 9.89. The van der Waals surface area contributed by atoms with E-state index in [4.69, 9.17) is 23.7 Å². The lowest BCUT2D eigenvalue weighted by atomic mass is 10.0. The highest BCUT2D eigenvalue weighted by atomic mass is 16.6. The number of esters is 2. The maximum absolute atomic E-state index is 11.1. The van der Waals surface area contributed by atoms with E-state index in [-0.39, 0.29) is 13.2 Å². The van der Waals surface area contributed by atoms with Gasteiger partial charge in [0.05, 0.1) is 6.61 Å². The van der Waals surface area contributed by atoms with Crippen molar-refractivity contribution in [3.05, 3.63) is 0 Å². The molecule has 8 heteroatoms. The fourth-order valence-corrected chi connectivity index (χ4v) is 1.80. The Morgan fingerprint density at radius 3 is 1.95 bits per heavy atom. The van der Waals surface area contributed by atoms with Crippen LogP contribution in [0.15, 0.2) is 0 Å². The molecule has 124 valence electrons. The first-order valence-electron chi connectivity index (χ1n) is 6.40. The number of ether oxygens (including phenoxy) is 5. The minimum atomic E-state index is -1.21. The number of carbonyl (C=O) groups is 2. The molecule has 0 amide bonds. The predicted octanol–water partition coefficient (Wildman–Crippen LogP) is -0.481. The van der Waals surface area contributed by atoms with Crippen molar-refractivity contribution in [1.82, 2.24) is 0 Å². The molecule has 0 aliphatic heterocycles. The van der Waals surface area contributed by atoms with Crippen molar-refractivity contribution in [2.45, 2.75) is 38.3 Å². The summed E-state index contributed by atoms with van der Waals surface area (Å²) in [6, 6.07) is 0. The van der Waals surface area contributed by atoms with Gasteiger partial charge in [-0.25, -0.2) is 0 Å². The topological polar surface area (TPSA) is 101 Å². The van der Waals surface area contributed by atoms with E-state index in [2.05, 4.69) is 0 Å². The van der Waals surface area contributed by atoms with Crippen molar-refractivity contribution in [1.29, 1.82) is 0 Å². The van der Waals surface area contributed by atoms with Gasteiger partial charge in [0.2, 0.25) is 0 Å². The fraction of sp³-hybridized carbons (Fsp3) is 0.846. The van der Waals surface area contributed by atoms with Crippen LogP contribution in [-0.2, 0) is 33.3 Å². The first kappa shape index (κ1) is 19.8. The molecule has 8 nitrogen and oxygen atoms in total. The van der Waals surface area contributed by atoms with E-state index in [0.717, 1.165) is 0 Å². The summed E-state index contributed by atoms with van der Waals surface area (Å²) >= 11 is 0. The van der Waals surface area contributed by atoms with Gasteiger partial charge in [0.25, 0.3) is 0 Å². The third-order valence-electron chi connectivity index (χ3n) is 2.76. The van der Waals surface area contributed by atoms with Gasteiger partial charge in [-0.3, -0.25) is 9.59 Å². The Morgan fingerprint density at radius 2 is 1.57 bits per heavy atom. The average Bonchev–Trinajstić information content (AvgIpc) is 2.41. The van der Waals surface area contributed by atoms with Crippen molar-refractivity contribution < 1.29 is 38.4 Å². The van der Waals surface area contributed by atoms with Gasteiger partial charge in [0.15, 0.2) is 6.10 Å². The molecule has 0 fully saturated rings. The average molecular weight is 308 g/mol. The van der Waals surface area contributed by atoms with Crippen molar-refractivity contribution >= 4 is 11.9 Å².